The molecule has 0 heterocycles. The van der Waals surface area contributed by atoms with E-state index in [1.54, 1.807) is 13.0 Å². The molecule has 0 unspecified atom stereocenters. The van der Waals surface area contributed by atoms with Gasteiger partial charge in [-0.3, -0.25) is 4.79 Å². The number of hydrogen-bond donors (Lipinski definition) is 0. The van der Waals surface area contributed by atoms with Crippen LogP contribution in [0.4, 0.5) is 0 Å². The summed E-state index contributed by atoms with van der Waals surface area (Å²) in [6, 6.07) is 7.39. The van der Waals surface area contributed by atoms with Gasteiger partial charge in [-0.15, -0.1) is 0 Å². The minimum Gasteiger partial charge on any atom is -0.295 e. The van der Waals surface area contributed by atoms with Crippen molar-refractivity contribution in [2.24, 2.45) is 0 Å². The van der Waals surface area contributed by atoms with E-state index in [4.69, 9.17) is 0 Å². The summed E-state index contributed by atoms with van der Waals surface area (Å²) in [7, 11) is -3.02. The van der Waals surface area contributed by atoms with E-state index in [9.17, 15) is 13.2 Å². The lowest BCUT2D eigenvalue weighted by molar-refractivity contribution is 0.101. The zero-order valence-corrected chi connectivity index (χ0v) is 11.6. The van der Waals surface area contributed by atoms with Crippen molar-refractivity contribution in [1.82, 2.24) is 0 Å². The maximum absolute atomic E-state index is 11.8. The van der Waals surface area contributed by atoms with E-state index in [0.29, 0.717) is 5.56 Å². The van der Waals surface area contributed by atoms with Gasteiger partial charge in [0, 0.05) is 16.7 Å². The third kappa shape index (κ3) is 2.48. The van der Waals surface area contributed by atoms with Gasteiger partial charge in [0.05, 0.1) is 5.75 Å². The molecule has 0 aliphatic heterocycles. The van der Waals surface area contributed by atoms with Gasteiger partial charge in [0.1, 0.15) is 0 Å². The Morgan fingerprint density at radius 3 is 2.39 bits per heavy atom. The Morgan fingerprint density at radius 2 is 1.89 bits per heavy atom. The van der Waals surface area contributed by atoms with Crippen molar-refractivity contribution in [2.75, 3.05) is 11.5 Å². The first-order chi connectivity index (χ1) is 8.40. The molecule has 0 N–H and O–H groups in total. The molecule has 0 atom stereocenters. The van der Waals surface area contributed by atoms with Crippen LogP contribution in [0, 0.1) is 0 Å². The first-order valence-corrected chi connectivity index (χ1v) is 8.03. The van der Waals surface area contributed by atoms with Crippen molar-refractivity contribution < 1.29 is 13.2 Å². The molecule has 18 heavy (non-hydrogen) atoms. The number of carbonyl (C=O) groups is 1. The van der Waals surface area contributed by atoms with Crippen molar-refractivity contribution in [2.45, 2.75) is 32.1 Å². The van der Waals surface area contributed by atoms with E-state index < -0.39 is 9.84 Å². The number of hydrogen-bond acceptors (Lipinski definition) is 3. The molecule has 0 aromatic heterocycles. The van der Waals surface area contributed by atoms with E-state index in [2.05, 4.69) is 0 Å². The van der Waals surface area contributed by atoms with Crippen molar-refractivity contribution in [3.05, 3.63) is 35.4 Å². The topological polar surface area (TPSA) is 51.2 Å². The summed E-state index contributed by atoms with van der Waals surface area (Å²) < 4.78 is 23.6. The molecular formula is C14H18O3S. The molecule has 1 fully saturated rings. The SMILES string of the molecule is CCS(=O)(=O)CC1(c2ccccc2C(C)=O)CC1. The van der Waals surface area contributed by atoms with Crippen molar-refractivity contribution >= 4 is 15.6 Å². The number of benzene rings is 1. The van der Waals surface area contributed by atoms with Gasteiger partial charge in [-0.2, -0.15) is 0 Å². The number of ketones is 1. The van der Waals surface area contributed by atoms with Crippen molar-refractivity contribution in [1.29, 1.82) is 0 Å². The van der Waals surface area contributed by atoms with Gasteiger partial charge in [0.25, 0.3) is 0 Å². The van der Waals surface area contributed by atoms with Crippen molar-refractivity contribution in [3.63, 3.8) is 0 Å². The van der Waals surface area contributed by atoms with Crippen LogP contribution in [-0.4, -0.2) is 25.7 Å². The molecule has 1 aromatic carbocycles. The molecule has 1 aromatic rings. The number of carbonyl (C=O) groups excluding carboxylic acids is 1. The third-order valence-electron chi connectivity index (χ3n) is 3.67. The van der Waals surface area contributed by atoms with E-state index >= 15 is 0 Å². The highest BCUT2D eigenvalue weighted by Gasteiger charge is 2.48. The monoisotopic (exact) mass is 266 g/mol. The zero-order valence-electron chi connectivity index (χ0n) is 10.8. The molecule has 1 aliphatic rings. The first-order valence-electron chi connectivity index (χ1n) is 6.21. The first kappa shape index (κ1) is 13.3. The summed E-state index contributed by atoms with van der Waals surface area (Å²) in [6.07, 6.45) is 1.72. The van der Waals surface area contributed by atoms with Gasteiger partial charge >= 0.3 is 0 Å². The highest BCUT2D eigenvalue weighted by molar-refractivity contribution is 7.91. The maximum Gasteiger partial charge on any atom is 0.160 e. The van der Waals surface area contributed by atoms with E-state index in [1.807, 2.05) is 18.2 Å². The number of rotatable bonds is 5. The number of sulfone groups is 1. The van der Waals surface area contributed by atoms with Gasteiger partial charge in [0.2, 0.25) is 0 Å². The van der Waals surface area contributed by atoms with Crippen LogP contribution in [0.15, 0.2) is 24.3 Å². The summed E-state index contributed by atoms with van der Waals surface area (Å²) in [5.41, 5.74) is 1.27. The van der Waals surface area contributed by atoms with Crippen LogP contribution in [0.3, 0.4) is 0 Å². The quantitative estimate of drug-likeness (QED) is 0.769. The Labute approximate surface area is 108 Å². The lowest BCUT2D eigenvalue weighted by Crippen LogP contribution is -2.24. The van der Waals surface area contributed by atoms with Gasteiger partial charge in [-0.1, -0.05) is 31.2 Å². The Hall–Kier alpha value is -1.16. The molecule has 98 valence electrons. The Kier molecular flexibility index (Phi) is 3.32. The molecule has 0 radical (unpaired) electrons. The molecule has 2 rings (SSSR count). The molecule has 1 aliphatic carbocycles. The fourth-order valence-corrected chi connectivity index (χ4v) is 3.91. The Morgan fingerprint density at radius 1 is 1.28 bits per heavy atom. The van der Waals surface area contributed by atoms with Gasteiger partial charge in [-0.25, -0.2) is 8.42 Å². The standard InChI is InChI=1S/C14H18O3S/c1-3-18(16,17)10-14(8-9-14)13-7-5-4-6-12(13)11(2)15/h4-7H,3,8-10H2,1-2H3. The van der Waals surface area contributed by atoms with Crippen LogP contribution >= 0.6 is 0 Å². The van der Waals surface area contributed by atoms with E-state index in [-0.39, 0.29) is 22.7 Å². The smallest absolute Gasteiger partial charge is 0.160 e. The van der Waals surface area contributed by atoms with Gasteiger partial charge in [0.15, 0.2) is 15.6 Å². The fraction of sp³-hybridized carbons (Fsp3) is 0.500. The summed E-state index contributed by atoms with van der Waals surface area (Å²) in [5.74, 6) is 0.336. The predicted molar refractivity (Wildman–Crippen MR) is 71.7 cm³/mol. The summed E-state index contributed by atoms with van der Waals surface area (Å²) >= 11 is 0. The van der Waals surface area contributed by atoms with Crippen LogP contribution < -0.4 is 0 Å². The molecule has 0 saturated heterocycles. The second kappa shape index (κ2) is 4.50. The minimum atomic E-state index is -3.02. The Balaban J connectivity index is 2.40. The lowest BCUT2D eigenvalue weighted by atomic mass is 9.91. The summed E-state index contributed by atoms with van der Waals surface area (Å²) in [5, 5.41) is 0. The summed E-state index contributed by atoms with van der Waals surface area (Å²) in [4.78, 5) is 11.6. The predicted octanol–water partition coefficient (Wildman–Crippen LogP) is 2.36. The minimum absolute atomic E-state index is 0.00534. The average Bonchev–Trinajstić information content (AvgIpc) is 3.09. The second-order valence-electron chi connectivity index (χ2n) is 5.06. The second-order valence-corrected chi connectivity index (χ2v) is 7.41. The maximum atomic E-state index is 11.8. The van der Waals surface area contributed by atoms with Crippen LogP contribution in [-0.2, 0) is 15.3 Å². The van der Waals surface area contributed by atoms with E-state index in [1.165, 1.54) is 6.92 Å². The largest absolute Gasteiger partial charge is 0.295 e. The highest BCUT2D eigenvalue weighted by atomic mass is 32.2. The molecule has 0 bridgehead atoms. The molecule has 0 spiro atoms. The third-order valence-corrected chi connectivity index (χ3v) is 5.54. The fourth-order valence-electron chi connectivity index (χ4n) is 2.42. The van der Waals surface area contributed by atoms with Gasteiger partial charge in [-0.05, 0) is 25.3 Å². The lowest BCUT2D eigenvalue weighted by Gasteiger charge is -2.18. The van der Waals surface area contributed by atoms with Crippen LogP contribution in [0.25, 0.3) is 0 Å². The molecular weight excluding hydrogens is 248 g/mol. The van der Waals surface area contributed by atoms with E-state index in [0.717, 1.165) is 18.4 Å². The average molecular weight is 266 g/mol. The normalized spacial score (nSPS) is 17.4. The molecule has 3 nitrogen and oxygen atoms in total. The number of Topliss-reactive ketones (excluding diaryl/α,β-unsaturated/α-hetero) is 1. The molecule has 4 heteroatoms. The van der Waals surface area contributed by atoms with Crippen LogP contribution in [0.1, 0.15) is 42.6 Å². The highest BCUT2D eigenvalue weighted by Crippen LogP contribution is 2.50. The van der Waals surface area contributed by atoms with Crippen molar-refractivity contribution in [3.8, 4) is 0 Å². The molecule has 1 saturated carbocycles. The Bertz CT molecular complexity index is 568. The van der Waals surface area contributed by atoms with Gasteiger partial charge < -0.3 is 0 Å². The molecule has 0 amide bonds. The zero-order chi connectivity index (χ0) is 13.4. The van der Waals surface area contributed by atoms with Crippen LogP contribution in [0.2, 0.25) is 0 Å². The van der Waals surface area contributed by atoms with Crippen LogP contribution in [0.5, 0.6) is 0 Å². The summed E-state index contributed by atoms with van der Waals surface area (Å²) in [6.45, 7) is 3.20.